The summed E-state index contributed by atoms with van der Waals surface area (Å²) in [4.78, 5) is 11.7. The highest BCUT2D eigenvalue weighted by atomic mass is 79.9. The van der Waals surface area contributed by atoms with Crippen LogP contribution in [-0.4, -0.2) is 10.9 Å². The van der Waals surface area contributed by atoms with Crippen LogP contribution in [-0.2, 0) is 4.79 Å². The SMILES string of the molecule is Cc1cc(C(O)C(=O)C(C)C)cc(C)c1Br. The number of aliphatic hydroxyl groups excluding tert-OH is 1. The molecule has 0 radical (unpaired) electrons. The smallest absolute Gasteiger partial charge is 0.168 e. The molecule has 2 nitrogen and oxygen atoms in total. The van der Waals surface area contributed by atoms with Gasteiger partial charge in [-0.3, -0.25) is 4.79 Å². The molecule has 0 spiro atoms. The predicted molar refractivity (Wildman–Crippen MR) is 68.4 cm³/mol. The minimum atomic E-state index is -1.01. The van der Waals surface area contributed by atoms with Crippen LogP contribution in [0.25, 0.3) is 0 Å². The topological polar surface area (TPSA) is 37.3 Å². The molecule has 0 saturated carbocycles. The molecule has 0 heterocycles. The maximum atomic E-state index is 11.7. The van der Waals surface area contributed by atoms with Gasteiger partial charge in [0, 0.05) is 10.4 Å². The summed E-state index contributed by atoms with van der Waals surface area (Å²) in [5, 5.41) is 9.93. The molecule has 0 aromatic heterocycles. The molecule has 16 heavy (non-hydrogen) atoms. The number of halogens is 1. The van der Waals surface area contributed by atoms with Gasteiger partial charge in [0.05, 0.1) is 0 Å². The summed E-state index contributed by atoms with van der Waals surface area (Å²) < 4.78 is 1.03. The monoisotopic (exact) mass is 284 g/mol. The Morgan fingerprint density at radius 3 is 2.06 bits per heavy atom. The summed E-state index contributed by atoms with van der Waals surface area (Å²) in [5.41, 5.74) is 2.74. The van der Waals surface area contributed by atoms with E-state index < -0.39 is 6.10 Å². The summed E-state index contributed by atoms with van der Waals surface area (Å²) in [7, 11) is 0. The summed E-state index contributed by atoms with van der Waals surface area (Å²) in [6, 6.07) is 3.70. The van der Waals surface area contributed by atoms with Crippen LogP contribution in [0, 0.1) is 19.8 Å². The van der Waals surface area contributed by atoms with E-state index in [4.69, 9.17) is 0 Å². The van der Waals surface area contributed by atoms with E-state index in [1.54, 1.807) is 13.8 Å². The number of hydrogen-bond acceptors (Lipinski definition) is 2. The first-order valence-electron chi connectivity index (χ1n) is 5.33. The highest BCUT2D eigenvalue weighted by molar-refractivity contribution is 9.10. The van der Waals surface area contributed by atoms with Crippen molar-refractivity contribution in [1.29, 1.82) is 0 Å². The van der Waals surface area contributed by atoms with Gasteiger partial charge < -0.3 is 5.11 Å². The van der Waals surface area contributed by atoms with E-state index in [0.717, 1.165) is 15.6 Å². The molecule has 1 rings (SSSR count). The van der Waals surface area contributed by atoms with Crippen molar-refractivity contribution in [3.05, 3.63) is 33.3 Å². The van der Waals surface area contributed by atoms with Gasteiger partial charge in [0.15, 0.2) is 5.78 Å². The van der Waals surface area contributed by atoms with Gasteiger partial charge in [-0.25, -0.2) is 0 Å². The maximum Gasteiger partial charge on any atom is 0.168 e. The van der Waals surface area contributed by atoms with Crippen LogP contribution < -0.4 is 0 Å². The zero-order chi connectivity index (χ0) is 12.5. The van der Waals surface area contributed by atoms with Crippen molar-refractivity contribution in [2.75, 3.05) is 0 Å². The van der Waals surface area contributed by atoms with Crippen LogP contribution >= 0.6 is 15.9 Å². The zero-order valence-corrected chi connectivity index (χ0v) is 11.6. The fourth-order valence-electron chi connectivity index (χ4n) is 1.62. The van der Waals surface area contributed by atoms with Crippen molar-refractivity contribution in [2.45, 2.75) is 33.8 Å². The van der Waals surface area contributed by atoms with E-state index in [2.05, 4.69) is 15.9 Å². The second-order valence-corrected chi connectivity index (χ2v) is 5.22. The minimum Gasteiger partial charge on any atom is -0.381 e. The quantitative estimate of drug-likeness (QED) is 0.925. The van der Waals surface area contributed by atoms with E-state index in [1.165, 1.54) is 0 Å². The number of aryl methyl sites for hydroxylation is 2. The van der Waals surface area contributed by atoms with Crippen LogP contribution in [0.15, 0.2) is 16.6 Å². The number of carbonyl (C=O) groups is 1. The van der Waals surface area contributed by atoms with Gasteiger partial charge in [0.25, 0.3) is 0 Å². The molecule has 3 heteroatoms. The largest absolute Gasteiger partial charge is 0.381 e. The van der Waals surface area contributed by atoms with Crippen LogP contribution in [0.5, 0.6) is 0 Å². The lowest BCUT2D eigenvalue weighted by Crippen LogP contribution is -2.17. The average molecular weight is 285 g/mol. The molecule has 1 aromatic carbocycles. The van der Waals surface area contributed by atoms with Crippen LogP contribution in [0.4, 0.5) is 0 Å². The van der Waals surface area contributed by atoms with Crippen molar-refractivity contribution < 1.29 is 9.90 Å². The standard InChI is InChI=1S/C13H17BrO2/c1-7(2)12(15)13(16)10-5-8(3)11(14)9(4)6-10/h5-7,13,16H,1-4H3. The van der Waals surface area contributed by atoms with E-state index in [-0.39, 0.29) is 11.7 Å². The molecule has 0 aliphatic heterocycles. The van der Waals surface area contributed by atoms with Gasteiger partial charge in [0.2, 0.25) is 0 Å². The Labute approximate surface area is 105 Å². The van der Waals surface area contributed by atoms with Crippen molar-refractivity contribution >= 4 is 21.7 Å². The summed E-state index contributed by atoms with van der Waals surface area (Å²) in [5.74, 6) is -0.291. The van der Waals surface area contributed by atoms with Gasteiger partial charge >= 0.3 is 0 Å². The molecule has 88 valence electrons. The molecule has 0 saturated heterocycles. The fraction of sp³-hybridized carbons (Fsp3) is 0.462. The maximum absolute atomic E-state index is 11.7. The Balaban J connectivity index is 3.10. The first kappa shape index (κ1) is 13.4. The van der Waals surface area contributed by atoms with Crippen LogP contribution in [0.1, 0.15) is 36.6 Å². The molecule has 1 atom stereocenters. The normalized spacial score (nSPS) is 12.9. The Kier molecular flexibility index (Phi) is 4.28. The summed E-state index contributed by atoms with van der Waals surface area (Å²) in [6.07, 6.45) is -1.01. The molecular formula is C13H17BrO2. The third-order valence-corrected chi connectivity index (χ3v) is 3.86. The third-order valence-electron chi connectivity index (χ3n) is 2.61. The van der Waals surface area contributed by atoms with Crippen LogP contribution in [0.3, 0.4) is 0 Å². The Bertz CT molecular complexity index is 387. The van der Waals surface area contributed by atoms with Gasteiger partial charge in [-0.2, -0.15) is 0 Å². The highest BCUT2D eigenvalue weighted by Crippen LogP contribution is 2.26. The van der Waals surface area contributed by atoms with Gasteiger partial charge in [-0.15, -0.1) is 0 Å². The molecule has 0 aliphatic rings. The first-order valence-corrected chi connectivity index (χ1v) is 6.12. The number of benzene rings is 1. The number of ketones is 1. The Hall–Kier alpha value is -0.670. The summed E-state index contributed by atoms with van der Waals surface area (Å²) in [6.45, 7) is 7.49. The fourth-order valence-corrected chi connectivity index (χ4v) is 1.85. The number of rotatable bonds is 3. The van der Waals surface area contributed by atoms with E-state index >= 15 is 0 Å². The van der Waals surface area contributed by atoms with Crippen LogP contribution in [0.2, 0.25) is 0 Å². The average Bonchev–Trinajstić information content (AvgIpc) is 2.22. The number of Topliss-reactive ketones (excluding diaryl/α,β-unsaturated/α-hetero) is 1. The Morgan fingerprint density at radius 1 is 1.25 bits per heavy atom. The first-order chi connectivity index (χ1) is 7.34. The van der Waals surface area contributed by atoms with Crippen molar-refractivity contribution in [3.63, 3.8) is 0 Å². The highest BCUT2D eigenvalue weighted by Gasteiger charge is 2.21. The van der Waals surface area contributed by atoms with Gasteiger partial charge in [0.1, 0.15) is 6.10 Å². The molecule has 0 aliphatic carbocycles. The second kappa shape index (κ2) is 5.11. The lowest BCUT2D eigenvalue weighted by atomic mass is 9.95. The number of hydrogen-bond donors (Lipinski definition) is 1. The lowest BCUT2D eigenvalue weighted by Gasteiger charge is -2.15. The third kappa shape index (κ3) is 2.71. The zero-order valence-electron chi connectivity index (χ0n) is 10.0. The Morgan fingerprint density at radius 2 is 1.69 bits per heavy atom. The molecule has 0 bridgehead atoms. The summed E-state index contributed by atoms with van der Waals surface area (Å²) >= 11 is 3.46. The molecule has 1 N–H and O–H groups in total. The molecule has 0 amide bonds. The second-order valence-electron chi connectivity index (χ2n) is 4.43. The molecule has 1 unspecified atom stereocenters. The molecular weight excluding hydrogens is 268 g/mol. The molecule has 1 aromatic rings. The predicted octanol–water partition coefficient (Wildman–Crippen LogP) is 3.32. The van der Waals surface area contributed by atoms with Gasteiger partial charge in [-0.1, -0.05) is 41.9 Å². The molecule has 0 fully saturated rings. The van der Waals surface area contributed by atoms with E-state index in [0.29, 0.717) is 5.56 Å². The van der Waals surface area contributed by atoms with Crippen molar-refractivity contribution in [3.8, 4) is 0 Å². The van der Waals surface area contributed by atoms with Crippen molar-refractivity contribution in [2.24, 2.45) is 5.92 Å². The minimum absolute atomic E-state index is 0.138. The van der Waals surface area contributed by atoms with E-state index in [1.807, 2.05) is 26.0 Å². The lowest BCUT2D eigenvalue weighted by molar-refractivity contribution is -0.130. The number of carbonyl (C=O) groups excluding carboxylic acids is 1. The van der Waals surface area contributed by atoms with Crippen molar-refractivity contribution in [1.82, 2.24) is 0 Å². The number of aliphatic hydroxyl groups is 1. The van der Waals surface area contributed by atoms with Gasteiger partial charge in [-0.05, 0) is 30.5 Å². The van der Waals surface area contributed by atoms with E-state index in [9.17, 15) is 9.90 Å².